The third-order valence-corrected chi connectivity index (χ3v) is 3.49. The van der Waals surface area contributed by atoms with E-state index in [4.69, 9.17) is 18.9 Å². The van der Waals surface area contributed by atoms with E-state index in [2.05, 4.69) is 6.58 Å². The number of carbonyl (C=O) groups excluding carboxylic acids is 1. The molecule has 0 N–H and O–H groups in total. The first-order chi connectivity index (χ1) is 13.1. The van der Waals surface area contributed by atoms with Gasteiger partial charge in [0.2, 0.25) is 5.76 Å². The molecule has 0 aliphatic rings. The first-order valence-electron chi connectivity index (χ1n) is 8.74. The summed E-state index contributed by atoms with van der Waals surface area (Å²) < 4.78 is 21.1. The Morgan fingerprint density at radius 2 is 1.56 bits per heavy atom. The van der Waals surface area contributed by atoms with Gasteiger partial charge in [-0.15, -0.1) is 0 Å². The van der Waals surface area contributed by atoms with Crippen molar-refractivity contribution in [3.8, 4) is 22.6 Å². The fourth-order valence-electron chi connectivity index (χ4n) is 2.23. The summed E-state index contributed by atoms with van der Waals surface area (Å²) in [5.41, 5.74) is 2.07. The number of rotatable bonds is 10. The van der Waals surface area contributed by atoms with Gasteiger partial charge in [0.05, 0.1) is 12.9 Å². The van der Waals surface area contributed by atoms with Crippen molar-refractivity contribution in [2.75, 3.05) is 19.8 Å². The number of hydrogen-bond donors (Lipinski definition) is 0. The molecule has 5 heteroatoms. The third-order valence-electron chi connectivity index (χ3n) is 3.49. The molecule has 0 fully saturated rings. The van der Waals surface area contributed by atoms with E-state index in [1.54, 1.807) is 25.3 Å². The zero-order valence-electron chi connectivity index (χ0n) is 15.6. The van der Waals surface area contributed by atoms with Crippen LogP contribution in [0.15, 0.2) is 73.2 Å². The molecule has 5 nitrogen and oxygen atoms in total. The maximum Gasteiger partial charge on any atom is 0.373 e. The summed E-state index contributed by atoms with van der Waals surface area (Å²) in [5.74, 6) is 0.712. The molecule has 2 rings (SSSR count). The molecule has 0 unspecified atom stereocenters. The van der Waals surface area contributed by atoms with E-state index >= 15 is 0 Å². The summed E-state index contributed by atoms with van der Waals surface area (Å²) in [6.45, 7) is 8.48. The minimum Gasteiger partial charge on any atom is -0.498 e. The Labute approximate surface area is 159 Å². The van der Waals surface area contributed by atoms with Crippen molar-refractivity contribution < 1.29 is 23.7 Å². The van der Waals surface area contributed by atoms with Crippen LogP contribution in [0.25, 0.3) is 11.1 Å². The molecule has 0 atom stereocenters. The Balaban J connectivity index is 1.90. The molecule has 2 aromatic rings. The molecule has 0 radical (unpaired) electrons. The van der Waals surface area contributed by atoms with Crippen LogP contribution in [0, 0.1) is 0 Å². The van der Waals surface area contributed by atoms with E-state index in [0.29, 0.717) is 19.0 Å². The van der Waals surface area contributed by atoms with E-state index in [9.17, 15) is 4.79 Å². The largest absolute Gasteiger partial charge is 0.498 e. The highest BCUT2D eigenvalue weighted by atomic mass is 16.6. The second-order valence-corrected chi connectivity index (χ2v) is 5.48. The number of hydrogen-bond acceptors (Lipinski definition) is 5. The van der Waals surface area contributed by atoms with Gasteiger partial charge in [-0.2, -0.15) is 0 Å². The topological polar surface area (TPSA) is 54.0 Å². The fraction of sp³-hybridized carbons (Fsp3) is 0.227. The van der Waals surface area contributed by atoms with Gasteiger partial charge in [-0.05, 0) is 55.8 Å². The standard InChI is InChI=1S/C22H24O5/c1-4-14-24-15-16-26-20-10-6-18(7-11-20)19-8-12-21(13-9-19)27-17(3)22(23)25-5-2/h4,6-14H,3,5,15-16H2,1-2H3. The molecule has 0 aliphatic carbocycles. The van der Waals surface area contributed by atoms with E-state index in [0.717, 1.165) is 16.9 Å². The van der Waals surface area contributed by atoms with Crippen molar-refractivity contribution in [2.45, 2.75) is 13.8 Å². The molecule has 0 spiro atoms. The summed E-state index contributed by atoms with van der Waals surface area (Å²) in [4.78, 5) is 11.5. The Morgan fingerprint density at radius 3 is 2.11 bits per heavy atom. The molecule has 142 valence electrons. The summed E-state index contributed by atoms with van der Waals surface area (Å²) in [6.07, 6.45) is 3.47. The Bertz CT molecular complexity index is 760. The zero-order chi connectivity index (χ0) is 19.5. The minimum atomic E-state index is -0.562. The van der Waals surface area contributed by atoms with Gasteiger partial charge in [-0.3, -0.25) is 0 Å². The summed E-state index contributed by atoms with van der Waals surface area (Å²) in [6, 6.07) is 15.2. The monoisotopic (exact) mass is 368 g/mol. The highest BCUT2D eigenvalue weighted by Gasteiger charge is 2.10. The van der Waals surface area contributed by atoms with Gasteiger partial charge >= 0.3 is 5.97 Å². The second kappa shape index (κ2) is 10.7. The summed E-state index contributed by atoms with van der Waals surface area (Å²) in [7, 11) is 0. The van der Waals surface area contributed by atoms with Gasteiger partial charge in [-0.25, -0.2) is 4.79 Å². The first kappa shape index (κ1) is 20.1. The molecule has 2 aromatic carbocycles. The third kappa shape index (κ3) is 6.55. The first-order valence-corrected chi connectivity index (χ1v) is 8.74. The maximum absolute atomic E-state index is 11.5. The van der Waals surface area contributed by atoms with Crippen molar-refractivity contribution in [1.82, 2.24) is 0 Å². The van der Waals surface area contributed by atoms with Crippen LogP contribution in [0.5, 0.6) is 11.5 Å². The smallest absolute Gasteiger partial charge is 0.373 e. The van der Waals surface area contributed by atoms with Crippen LogP contribution in [-0.4, -0.2) is 25.8 Å². The van der Waals surface area contributed by atoms with Crippen molar-refractivity contribution in [3.05, 3.63) is 73.2 Å². The fourth-order valence-corrected chi connectivity index (χ4v) is 2.23. The Kier molecular flexibility index (Phi) is 7.97. The van der Waals surface area contributed by atoms with E-state index in [1.165, 1.54) is 0 Å². The number of benzene rings is 2. The zero-order valence-corrected chi connectivity index (χ0v) is 15.6. The Morgan fingerprint density at radius 1 is 0.963 bits per heavy atom. The van der Waals surface area contributed by atoms with Gasteiger partial charge < -0.3 is 18.9 Å². The molecule has 0 amide bonds. The van der Waals surface area contributed by atoms with E-state index in [1.807, 2.05) is 49.4 Å². The van der Waals surface area contributed by atoms with Crippen LogP contribution in [0.1, 0.15) is 13.8 Å². The molecular formula is C22H24O5. The lowest BCUT2D eigenvalue weighted by molar-refractivity contribution is -0.140. The lowest BCUT2D eigenvalue weighted by Crippen LogP contribution is -2.11. The molecular weight excluding hydrogens is 344 g/mol. The van der Waals surface area contributed by atoms with Crippen molar-refractivity contribution in [3.63, 3.8) is 0 Å². The predicted octanol–water partition coefficient (Wildman–Crippen LogP) is 4.74. The average molecular weight is 368 g/mol. The van der Waals surface area contributed by atoms with Crippen LogP contribution < -0.4 is 9.47 Å². The van der Waals surface area contributed by atoms with Crippen LogP contribution >= 0.6 is 0 Å². The summed E-state index contributed by atoms with van der Waals surface area (Å²) >= 11 is 0. The van der Waals surface area contributed by atoms with Crippen molar-refractivity contribution in [1.29, 1.82) is 0 Å². The molecule has 0 saturated carbocycles. The normalized spacial score (nSPS) is 10.4. The quantitative estimate of drug-likeness (QED) is 0.262. The number of esters is 1. The van der Waals surface area contributed by atoms with Gasteiger partial charge in [-0.1, -0.05) is 30.3 Å². The minimum absolute atomic E-state index is 0.0375. The number of carbonyl (C=O) groups is 1. The van der Waals surface area contributed by atoms with Gasteiger partial charge in [0, 0.05) is 0 Å². The molecule has 27 heavy (non-hydrogen) atoms. The van der Waals surface area contributed by atoms with Crippen LogP contribution in [0.3, 0.4) is 0 Å². The maximum atomic E-state index is 11.5. The highest BCUT2D eigenvalue weighted by Crippen LogP contribution is 2.25. The molecule has 0 aromatic heterocycles. The molecule has 0 heterocycles. The lowest BCUT2D eigenvalue weighted by Gasteiger charge is -2.09. The summed E-state index contributed by atoms with van der Waals surface area (Å²) in [5, 5.41) is 0. The second-order valence-electron chi connectivity index (χ2n) is 5.48. The van der Waals surface area contributed by atoms with E-state index in [-0.39, 0.29) is 12.4 Å². The van der Waals surface area contributed by atoms with Gasteiger partial charge in [0.25, 0.3) is 0 Å². The van der Waals surface area contributed by atoms with Gasteiger partial charge in [0.1, 0.15) is 24.7 Å². The lowest BCUT2D eigenvalue weighted by atomic mass is 10.1. The number of ether oxygens (including phenoxy) is 4. The van der Waals surface area contributed by atoms with Crippen LogP contribution in [0.2, 0.25) is 0 Å². The molecule has 0 saturated heterocycles. The molecule has 0 bridgehead atoms. The SMILES string of the molecule is C=C(Oc1ccc(-c2ccc(OCCOC=CC)cc2)cc1)C(=O)OCC. The Hall–Kier alpha value is -3.21. The van der Waals surface area contributed by atoms with Crippen LogP contribution in [-0.2, 0) is 14.3 Å². The predicted molar refractivity (Wildman–Crippen MR) is 105 cm³/mol. The van der Waals surface area contributed by atoms with Gasteiger partial charge in [0.15, 0.2) is 0 Å². The number of allylic oxidation sites excluding steroid dienone is 1. The van der Waals surface area contributed by atoms with Crippen molar-refractivity contribution >= 4 is 5.97 Å². The van der Waals surface area contributed by atoms with Crippen molar-refractivity contribution in [2.24, 2.45) is 0 Å². The van der Waals surface area contributed by atoms with E-state index < -0.39 is 5.97 Å². The average Bonchev–Trinajstić information content (AvgIpc) is 2.69. The molecule has 0 aliphatic heterocycles. The highest BCUT2D eigenvalue weighted by molar-refractivity contribution is 5.86. The van der Waals surface area contributed by atoms with Crippen LogP contribution in [0.4, 0.5) is 0 Å².